The normalized spacial score (nSPS) is 13.7. The predicted molar refractivity (Wildman–Crippen MR) is 197 cm³/mol. The zero-order valence-corrected chi connectivity index (χ0v) is 30.9. The third kappa shape index (κ3) is 11.6. The van der Waals surface area contributed by atoms with E-state index in [0.717, 1.165) is 27.6 Å². The van der Waals surface area contributed by atoms with E-state index in [2.05, 4.69) is 39.8 Å². The maximum absolute atomic E-state index is 14.1. The molecule has 2 heterocycles. The highest BCUT2D eigenvalue weighted by atomic mass is 32.1. The molecule has 4 atom stereocenters. The number of aliphatic hydroxyl groups is 1. The summed E-state index contributed by atoms with van der Waals surface area (Å²) in [5, 5.41) is 23.4. The number of benzene rings is 2. The Kier molecular flexibility index (Phi) is 14.7. The van der Waals surface area contributed by atoms with Gasteiger partial charge >= 0.3 is 12.1 Å². The van der Waals surface area contributed by atoms with E-state index in [0.29, 0.717) is 30.9 Å². The average molecular weight is 721 g/mol. The van der Waals surface area contributed by atoms with Gasteiger partial charge in [-0.3, -0.25) is 9.78 Å². The van der Waals surface area contributed by atoms with E-state index < -0.39 is 42.3 Å². The van der Waals surface area contributed by atoms with Crippen LogP contribution in [0.25, 0.3) is 0 Å². The van der Waals surface area contributed by atoms with Crippen LogP contribution in [-0.4, -0.2) is 63.2 Å². The van der Waals surface area contributed by atoms with Crippen molar-refractivity contribution in [2.75, 3.05) is 7.05 Å². The van der Waals surface area contributed by atoms with Gasteiger partial charge in [-0.05, 0) is 36.3 Å². The van der Waals surface area contributed by atoms with Crippen molar-refractivity contribution in [2.45, 2.75) is 90.3 Å². The van der Waals surface area contributed by atoms with Gasteiger partial charge in [0.1, 0.15) is 12.6 Å². The summed E-state index contributed by atoms with van der Waals surface area (Å²) in [6.07, 6.45) is 1.56. The summed E-state index contributed by atoms with van der Waals surface area (Å²) in [5.74, 6) is -0.435. The van der Waals surface area contributed by atoms with Crippen molar-refractivity contribution in [1.82, 2.24) is 30.8 Å². The molecule has 11 nitrogen and oxygen atoms in total. The molecule has 0 saturated heterocycles. The van der Waals surface area contributed by atoms with Crippen LogP contribution in [0.5, 0.6) is 0 Å². The first kappa shape index (κ1) is 38.5. The number of nitrogens with zero attached hydrogens (tertiary/aromatic N) is 3. The second-order valence-corrected chi connectivity index (χ2v) is 14.8. The highest BCUT2D eigenvalue weighted by Gasteiger charge is 2.35. The van der Waals surface area contributed by atoms with Gasteiger partial charge in [0.15, 0.2) is 0 Å². The summed E-state index contributed by atoms with van der Waals surface area (Å²) in [5.41, 5.74) is 4.24. The second-order valence-electron chi connectivity index (χ2n) is 12.9. The fourth-order valence-corrected chi connectivity index (χ4v) is 6.74. The van der Waals surface area contributed by atoms with Crippen molar-refractivity contribution >= 4 is 40.7 Å². The van der Waals surface area contributed by atoms with Crippen LogP contribution >= 0.6 is 22.7 Å². The van der Waals surface area contributed by atoms with Gasteiger partial charge in [-0.15, -0.1) is 22.7 Å². The zero-order chi connectivity index (χ0) is 36.0. The van der Waals surface area contributed by atoms with Crippen LogP contribution in [0, 0.1) is 5.92 Å². The van der Waals surface area contributed by atoms with Crippen molar-refractivity contribution in [3.05, 3.63) is 104 Å². The summed E-state index contributed by atoms with van der Waals surface area (Å²) in [7, 11) is 1.66. The van der Waals surface area contributed by atoms with Crippen LogP contribution in [0.2, 0.25) is 0 Å². The van der Waals surface area contributed by atoms with Gasteiger partial charge < -0.3 is 30.7 Å². The van der Waals surface area contributed by atoms with E-state index >= 15 is 0 Å². The highest BCUT2D eigenvalue weighted by Crippen LogP contribution is 2.24. The minimum Gasteiger partial charge on any atom is -0.444 e. The summed E-state index contributed by atoms with van der Waals surface area (Å²) in [6, 6.07) is 16.0. The molecule has 0 bridgehead atoms. The molecule has 50 heavy (non-hydrogen) atoms. The van der Waals surface area contributed by atoms with Crippen molar-refractivity contribution in [3.8, 4) is 0 Å². The molecule has 13 heteroatoms. The molecule has 2 aromatic carbocycles. The van der Waals surface area contributed by atoms with Gasteiger partial charge in [-0.1, -0.05) is 88.4 Å². The van der Waals surface area contributed by atoms with Gasteiger partial charge in [0.05, 0.1) is 45.8 Å². The molecule has 0 aliphatic carbocycles. The first-order chi connectivity index (χ1) is 24.0. The Morgan fingerprint density at radius 1 is 0.940 bits per heavy atom. The lowest BCUT2D eigenvalue weighted by Crippen LogP contribution is -2.57. The number of aromatic nitrogens is 2. The summed E-state index contributed by atoms with van der Waals surface area (Å²) in [4.78, 5) is 51.5. The standard InChI is InChI=1S/C37H48N6O5S2/c1-24(2)31(41-36(46)43(5)20-28-22-49-35(39-28)25(3)4)34(45)40-32(27-16-10-7-11-17-27)33(42-37(47)48-21-29-19-38-23-50-29)30(44)18-12-15-26-13-8-6-9-14-26/h6-11,13-14,16-17,19,22-25,30-33,44H,12,15,18,20-21H2,1-5H3,(H,40,45)(H,41,46)(H,42,47). The Morgan fingerprint density at radius 3 is 2.26 bits per heavy atom. The number of aryl methyl sites for hydroxylation is 1. The molecule has 4 aromatic rings. The SMILES string of the molecule is CC(C)c1nc(CN(C)C(=O)NC(C(=O)NC(c2ccccc2)C(NC(=O)OCc2cncs2)C(O)CCCc2ccccc2)C(C)C)cs1. The maximum atomic E-state index is 14.1. The Morgan fingerprint density at radius 2 is 1.64 bits per heavy atom. The molecule has 0 saturated carbocycles. The van der Waals surface area contributed by atoms with Crippen LogP contribution in [0.15, 0.2) is 77.8 Å². The first-order valence-electron chi connectivity index (χ1n) is 16.9. The number of ether oxygens (including phenoxy) is 1. The quantitative estimate of drug-likeness (QED) is 0.0985. The molecule has 0 aliphatic rings. The molecule has 4 unspecified atom stereocenters. The van der Waals surface area contributed by atoms with Crippen LogP contribution in [-0.2, 0) is 29.1 Å². The topological polar surface area (TPSA) is 146 Å². The van der Waals surface area contributed by atoms with Crippen LogP contribution in [0.1, 0.15) is 79.2 Å². The fraction of sp³-hybridized carbons (Fsp3) is 0.432. The molecule has 0 aliphatic heterocycles. The molecular formula is C37H48N6O5S2. The van der Waals surface area contributed by atoms with Crippen molar-refractivity contribution in [2.24, 2.45) is 5.92 Å². The fourth-order valence-electron chi connectivity index (χ4n) is 5.41. The molecule has 4 amide bonds. The molecule has 2 aromatic heterocycles. The predicted octanol–water partition coefficient (Wildman–Crippen LogP) is 6.43. The molecule has 4 rings (SSSR count). The van der Waals surface area contributed by atoms with Gasteiger partial charge in [0.2, 0.25) is 5.91 Å². The first-order valence-corrected chi connectivity index (χ1v) is 18.6. The van der Waals surface area contributed by atoms with E-state index in [4.69, 9.17) is 4.74 Å². The molecule has 0 radical (unpaired) electrons. The second kappa shape index (κ2) is 19.2. The third-order valence-electron chi connectivity index (χ3n) is 8.19. The minimum atomic E-state index is -1.05. The lowest BCUT2D eigenvalue weighted by Gasteiger charge is -2.34. The van der Waals surface area contributed by atoms with E-state index in [1.165, 1.54) is 16.2 Å². The van der Waals surface area contributed by atoms with Gasteiger partial charge in [-0.2, -0.15) is 0 Å². The van der Waals surface area contributed by atoms with Crippen molar-refractivity contribution in [1.29, 1.82) is 0 Å². The Balaban J connectivity index is 1.53. The summed E-state index contributed by atoms with van der Waals surface area (Å²) < 4.78 is 5.49. The Labute approximate surface area is 302 Å². The number of hydrogen-bond donors (Lipinski definition) is 4. The van der Waals surface area contributed by atoms with Crippen LogP contribution in [0.3, 0.4) is 0 Å². The van der Waals surface area contributed by atoms with Gasteiger partial charge in [-0.25, -0.2) is 14.6 Å². The van der Waals surface area contributed by atoms with Crippen molar-refractivity contribution in [3.63, 3.8) is 0 Å². The smallest absolute Gasteiger partial charge is 0.407 e. The van der Waals surface area contributed by atoms with Crippen LogP contribution in [0.4, 0.5) is 9.59 Å². The van der Waals surface area contributed by atoms with E-state index in [9.17, 15) is 19.5 Å². The molecule has 0 fully saturated rings. The number of amides is 4. The van der Waals surface area contributed by atoms with Crippen molar-refractivity contribution < 1.29 is 24.2 Å². The minimum absolute atomic E-state index is 0.0182. The van der Waals surface area contributed by atoms with Gasteiger partial charge in [0, 0.05) is 24.5 Å². The highest BCUT2D eigenvalue weighted by molar-refractivity contribution is 7.09. The maximum Gasteiger partial charge on any atom is 0.407 e. The van der Waals surface area contributed by atoms with E-state index in [-0.39, 0.29) is 12.5 Å². The molecular weight excluding hydrogens is 673 g/mol. The third-order valence-corrected chi connectivity index (χ3v) is 10.1. The Hall–Kier alpha value is -4.33. The Bertz CT molecular complexity index is 1620. The number of hydrogen-bond acceptors (Lipinski definition) is 9. The average Bonchev–Trinajstić information content (AvgIpc) is 3.81. The number of rotatable bonds is 17. The number of carbonyl (C=O) groups is 3. The number of aliphatic hydroxyl groups excluding tert-OH is 1. The zero-order valence-electron chi connectivity index (χ0n) is 29.2. The van der Waals surface area contributed by atoms with Gasteiger partial charge in [0.25, 0.3) is 0 Å². The van der Waals surface area contributed by atoms with Crippen LogP contribution < -0.4 is 16.0 Å². The lowest BCUT2D eigenvalue weighted by molar-refractivity contribution is -0.125. The summed E-state index contributed by atoms with van der Waals surface area (Å²) in [6.45, 7) is 8.15. The lowest BCUT2D eigenvalue weighted by atomic mass is 9.91. The number of thiazole rings is 2. The monoisotopic (exact) mass is 720 g/mol. The number of alkyl carbamates (subject to hydrolysis) is 1. The van der Waals surface area contributed by atoms with E-state index in [1.54, 1.807) is 30.1 Å². The number of nitrogens with one attached hydrogen (secondary N) is 3. The summed E-state index contributed by atoms with van der Waals surface area (Å²) >= 11 is 2.92. The molecule has 0 spiro atoms. The molecule has 4 N–H and O–H groups in total. The van der Waals surface area contributed by atoms with E-state index in [1.807, 2.05) is 79.9 Å². The number of urea groups is 1. The molecule has 268 valence electrons. The largest absolute Gasteiger partial charge is 0.444 e. The number of carbonyl (C=O) groups excluding carboxylic acids is 3.